The van der Waals surface area contributed by atoms with Crippen LogP contribution in [0.5, 0.6) is 5.75 Å². The van der Waals surface area contributed by atoms with E-state index in [0.717, 1.165) is 17.7 Å². The minimum absolute atomic E-state index is 0.0442. The standard InChI is InChI=1S/C27H31NO3/c1-31-26-16-14-23(15-17-26)27(21-9-4-2-5-10-21,22-11-6-3-7-12-22)18-8-13-24(29)19-25(30)20-28/h2-7,9-12,14-17,25,30H,8,13,18-20,28H2,1H3. The number of benzene rings is 3. The minimum atomic E-state index is -0.762. The fourth-order valence-electron chi connectivity index (χ4n) is 4.25. The number of hydrogen-bond acceptors (Lipinski definition) is 4. The van der Waals surface area contributed by atoms with Crippen LogP contribution in [0.25, 0.3) is 0 Å². The predicted molar refractivity (Wildman–Crippen MR) is 124 cm³/mol. The molecule has 0 fully saturated rings. The maximum absolute atomic E-state index is 12.4. The lowest BCUT2D eigenvalue weighted by atomic mass is 9.66. The highest BCUT2D eigenvalue weighted by Gasteiger charge is 2.36. The average Bonchev–Trinajstić information content (AvgIpc) is 2.83. The molecule has 4 heteroatoms. The molecule has 0 aliphatic rings. The normalized spacial score (nSPS) is 12.4. The van der Waals surface area contributed by atoms with Crippen molar-refractivity contribution in [3.05, 3.63) is 102 Å². The highest BCUT2D eigenvalue weighted by atomic mass is 16.5. The first kappa shape index (κ1) is 22.7. The Morgan fingerprint density at radius 1 is 0.903 bits per heavy atom. The van der Waals surface area contributed by atoms with Crippen LogP contribution in [0.15, 0.2) is 84.9 Å². The van der Waals surface area contributed by atoms with E-state index in [1.54, 1.807) is 7.11 Å². The van der Waals surface area contributed by atoms with E-state index in [1.807, 2.05) is 24.3 Å². The molecule has 1 unspecified atom stereocenters. The molecule has 0 aromatic heterocycles. The molecule has 4 nitrogen and oxygen atoms in total. The summed E-state index contributed by atoms with van der Waals surface area (Å²) in [5.74, 6) is 0.854. The van der Waals surface area contributed by atoms with Gasteiger partial charge in [-0.05, 0) is 41.7 Å². The summed E-state index contributed by atoms with van der Waals surface area (Å²) in [7, 11) is 1.66. The molecule has 0 spiro atoms. The van der Waals surface area contributed by atoms with Gasteiger partial charge in [0.05, 0.1) is 13.2 Å². The largest absolute Gasteiger partial charge is 0.497 e. The van der Waals surface area contributed by atoms with Crippen LogP contribution in [-0.2, 0) is 10.2 Å². The Balaban J connectivity index is 2.01. The third kappa shape index (κ3) is 5.40. The molecule has 0 heterocycles. The van der Waals surface area contributed by atoms with Crippen molar-refractivity contribution < 1.29 is 14.6 Å². The van der Waals surface area contributed by atoms with Crippen LogP contribution in [0.2, 0.25) is 0 Å². The van der Waals surface area contributed by atoms with Gasteiger partial charge in [0.1, 0.15) is 11.5 Å². The second-order valence-electron chi connectivity index (χ2n) is 7.85. The van der Waals surface area contributed by atoms with Crippen molar-refractivity contribution in [2.24, 2.45) is 5.73 Å². The number of methoxy groups -OCH3 is 1. The van der Waals surface area contributed by atoms with E-state index in [2.05, 4.69) is 60.7 Å². The molecule has 3 rings (SSSR count). The topological polar surface area (TPSA) is 72.5 Å². The summed E-state index contributed by atoms with van der Waals surface area (Å²) in [6.07, 6.45) is 1.23. The van der Waals surface area contributed by atoms with E-state index in [4.69, 9.17) is 10.5 Å². The molecule has 1 atom stereocenters. The third-order valence-corrected chi connectivity index (χ3v) is 5.86. The Bertz CT molecular complexity index is 900. The molecular weight excluding hydrogens is 386 g/mol. The van der Waals surface area contributed by atoms with Crippen molar-refractivity contribution in [2.45, 2.75) is 37.2 Å². The van der Waals surface area contributed by atoms with Crippen molar-refractivity contribution >= 4 is 5.78 Å². The van der Waals surface area contributed by atoms with Gasteiger partial charge in [0.15, 0.2) is 0 Å². The number of carbonyl (C=O) groups excluding carboxylic acids is 1. The van der Waals surface area contributed by atoms with Gasteiger partial charge < -0.3 is 15.6 Å². The van der Waals surface area contributed by atoms with E-state index in [0.29, 0.717) is 12.8 Å². The van der Waals surface area contributed by atoms with Crippen LogP contribution in [0.1, 0.15) is 42.4 Å². The summed E-state index contributed by atoms with van der Waals surface area (Å²) in [4.78, 5) is 12.4. The Labute approximate surface area is 184 Å². The molecule has 3 aromatic carbocycles. The minimum Gasteiger partial charge on any atom is -0.497 e. The van der Waals surface area contributed by atoms with Crippen molar-refractivity contribution in [2.75, 3.05) is 13.7 Å². The van der Waals surface area contributed by atoms with E-state index in [9.17, 15) is 9.90 Å². The lowest BCUT2D eigenvalue weighted by Gasteiger charge is -2.36. The van der Waals surface area contributed by atoms with Gasteiger partial charge in [-0.2, -0.15) is 0 Å². The van der Waals surface area contributed by atoms with Crippen LogP contribution in [-0.4, -0.2) is 30.6 Å². The van der Waals surface area contributed by atoms with Crippen LogP contribution in [0.3, 0.4) is 0 Å². The summed E-state index contributed by atoms with van der Waals surface area (Å²) in [5, 5.41) is 9.71. The molecule has 0 saturated heterocycles. The van der Waals surface area contributed by atoms with Crippen LogP contribution >= 0.6 is 0 Å². The quantitative estimate of drug-likeness (QED) is 0.451. The molecule has 0 aliphatic heterocycles. The number of ketones is 1. The average molecular weight is 418 g/mol. The number of aliphatic hydroxyl groups is 1. The third-order valence-electron chi connectivity index (χ3n) is 5.86. The Kier molecular flexibility index (Phi) is 7.99. The highest BCUT2D eigenvalue weighted by Crippen LogP contribution is 2.43. The first-order valence-electron chi connectivity index (χ1n) is 10.8. The molecule has 0 amide bonds. The predicted octanol–water partition coefficient (Wildman–Crippen LogP) is 4.48. The molecule has 0 bridgehead atoms. The maximum Gasteiger partial charge on any atom is 0.135 e. The van der Waals surface area contributed by atoms with Gasteiger partial charge in [-0.1, -0.05) is 72.8 Å². The first-order valence-corrected chi connectivity index (χ1v) is 10.8. The van der Waals surface area contributed by atoms with Gasteiger partial charge in [0.2, 0.25) is 0 Å². The lowest BCUT2D eigenvalue weighted by molar-refractivity contribution is -0.120. The van der Waals surface area contributed by atoms with E-state index in [-0.39, 0.29) is 18.7 Å². The smallest absolute Gasteiger partial charge is 0.135 e. The van der Waals surface area contributed by atoms with Crippen LogP contribution < -0.4 is 10.5 Å². The molecule has 3 aromatic rings. The zero-order chi connectivity index (χ0) is 22.1. The highest BCUT2D eigenvalue weighted by molar-refractivity contribution is 5.78. The molecule has 0 radical (unpaired) electrons. The summed E-state index contributed by atoms with van der Waals surface area (Å²) < 4.78 is 5.37. The Hall–Kier alpha value is -2.95. The number of carbonyl (C=O) groups is 1. The van der Waals surface area contributed by atoms with Crippen molar-refractivity contribution in [3.8, 4) is 5.75 Å². The number of rotatable bonds is 11. The molecule has 162 valence electrons. The Morgan fingerprint density at radius 3 is 1.90 bits per heavy atom. The fourth-order valence-corrected chi connectivity index (χ4v) is 4.25. The van der Waals surface area contributed by atoms with Crippen LogP contribution in [0.4, 0.5) is 0 Å². The van der Waals surface area contributed by atoms with Gasteiger partial charge in [0.25, 0.3) is 0 Å². The molecular formula is C27H31NO3. The molecule has 31 heavy (non-hydrogen) atoms. The van der Waals surface area contributed by atoms with Crippen molar-refractivity contribution in [1.29, 1.82) is 0 Å². The van der Waals surface area contributed by atoms with Gasteiger partial charge in [-0.3, -0.25) is 4.79 Å². The SMILES string of the molecule is COc1ccc(C(CCCC(=O)CC(O)CN)(c2ccccc2)c2ccccc2)cc1. The van der Waals surface area contributed by atoms with Gasteiger partial charge >= 0.3 is 0 Å². The Morgan fingerprint density at radius 2 is 1.42 bits per heavy atom. The molecule has 0 aliphatic carbocycles. The molecule has 0 saturated carbocycles. The van der Waals surface area contributed by atoms with Crippen molar-refractivity contribution in [1.82, 2.24) is 0 Å². The first-order chi connectivity index (χ1) is 15.1. The second-order valence-corrected chi connectivity index (χ2v) is 7.85. The number of Topliss-reactive ketones (excluding diaryl/α,β-unsaturated/α-hetero) is 1. The van der Waals surface area contributed by atoms with E-state index in [1.165, 1.54) is 11.1 Å². The van der Waals surface area contributed by atoms with Crippen molar-refractivity contribution in [3.63, 3.8) is 0 Å². The number of nitrogens with two attached hydrogens (primary N) is 1. The lowest BCUT2D eigenvalue weighted by Crippen LogP contribution is -2.30. The van der Waals surface area contributed by atoms with Crippen LogP contribution in [0, 0.1) is 0 Å². The van der Waals surface area contributed by atoms with Gasteiger partial charge in [-0.25, -0.2) is 0 Å². The number of hydrogen-bond donors (Lipinski definition) is 2. The number of aliphatic hydroxyl groups excluding tert-OH is 1. The zero-order valence-electron chi connectivity index (χ0n) is 18.0. The van der Waals surface area contributed by atoms with Gasteiger partial charge in [0, 0.05) is 24.8 Å². The van der Waals surface area contributed by atoms with Gasteiger partial charge in [-0.15, -0.1) is 0 Å². The summed E-state index contributed by atoms with van der Waals surface area (Å²) >= 11 is 0. The monoisotopic (exact) mass is 417 g/mol. The summed E-state index contributed by atoms with van der Waals surface area (Å²) in [6, 6.07) is 29.0. The fraction of sp³-hybridized carbons (Fsp3) is 0.296. The summed E-state index contributed by atoms with van der Waals surface area (Å²) in [6.45, 7) is 0.107. The number of ether oxygens (including phenoxy) is 1. The zero-order valence-corrected chi connectivity index (χ0v) is 18.0. The summed E-state index contributed by atoms with van der Waals surface area (Å²) in [5.41, 5.74) is 8.57. The van der Waals surface area contributed by atoms with E-state index >= 15 is 0 Å². The van der Waals surface area contributed by atoms with E-state index < -0.39 is 11.5 Å². The maximum atomic E-state index is 12.4. The second kappa shape index (κ2) is 10.9. The molecule has 3 N–H and O–H groups in total.